The summed E-state index contributed by atoms with van der Waals surface area (Å²) in [6, 6.07) is 6.06. The first-order valence-electron chi connectivity index (χ1n) is 7.51. The molecule has 1 aromatic carbocycles. The zero-order valence-electron chi connectivity index (χ0n) is 13.3. The number of thiazole rings is 1. The van der Waals surface area contributed by atoms with Crippen LogP contribution in [-0.2, 0) is 4.79 Å². The van der Waals surface area contributed by atoms with Crippen molar-refractivity contribution in [1.29, 1.82) is 0 Å². The summed E-state index contributed by atoms with van der Waals surface area (Å²) in [5.41, 5.74) is 2.09. The Morgan fingerprint density at radius 2 is 2.12 bits per heavy atom. The van der Waals surface area contributed by atoms with Crippen LogP contribution in [0.3, 0.4) is 0 Å². The molecule has 0 unspecified atom stereocenters. The van der Waals surface area contributed by atoms with E-state index in [4.69, 9.17) is 0 Å². The first-order chi connectivity index (χ1) is 11.6. The van der Waals surface area contributed by atoms with E-state index in [-0.39, 0.29) is 11.7 Å². The summed E-state index contributed by atoms with van der Waals surface area (Å²) >= 11 is 4.33. The highest BCUT2D eigenvalue weighted by atomic mass is 32.2. The SMILES string of the molecule is CCCNc1nnc(SCC(=O)Nc2nc3ccc(C)cc3s2)s1. The number of thioether (sulfide) groups is 1. The number of rotatable bonds is 7. The lowest BCUT2D eigenvalue weighted by molar-refractivity contribution is -0.113. The van der Waals surface area contributed by atoms with Crippen molar-refractivity contribution in [1.82, 2.24) is 15.2 Å². The maximum Gasteiger partial charge on any atom is 0.236 e. The standard InChI is InChI=1S/C15H17N5OS3/c1-3-6-16-13-19-20-15(24-13)22-8-12(21)18-14-17-10-5-4-9(2)7-11(10)23-14/h4-5,7H,3,6,8H2,1-2H3,(H,16,19)(H,17,18,21). The van der Waals surface area contributed by atoms with Gasteiger partial charge in [0.05, 0.1) is 16.0 Å². The van der Waals surface area contributed by atoms with Gasteiger partial charge in [-0.15, -0.1) is 10.2 Å². The smallest absolute Gasteiger partial charge is 0.236 e. The van der Waals surface area contributed by atoms with E-state index in [9.17, 15) is 4.79 Å². The van der Waals surface area contributed by atoms with Gasteiger partial charge in [0.1, 0.15) is 0 Å². The molecule has 2 heterocycles. The van der Waals surface area contributed by atoms with E-state index >= 15 is 0 Å². The Bertz CT molecular complexity index is 845. The summed E-state index contributed by atoms with van der Waals surface area (Å²) in [6.07, 6.45) is 1.03. The molecular weight excluding hydrogens is 362 g/mol. The first-order valence-corrected chi connectivity index (χ1v) is 10.1. The van der Waals surface area contributed by atoms with E-state index in [1.807, 2.05) is 19.1 Å². The van der Waals surface area contributed by atoms with E-state index in [1.165, 1.54) is 40.0 Å². The fourth-order valence-corrected chi connectivity index (χ4v) is 4.50. The van der Waals surface area contributed by atoms with Gasteiger partial charge in [0.25, 0.3) is 0 Å². The van der Waals surface area contributed by atoms with Crippen molar-refractivity contribution in [3.63, 3.8) is 0 Å². The summed E-state index contributed by atoms with van der Waals surface area (Å²) in [5, 5.41) is 15.6. The van der Waals surface area contributed by atoms with Crippen molar-refractivity contribution in [2.24, 2.45) is 0 Å². The number of benzene rings is 1. The number of carbonyl (C=O) groups is 1. The molecule has 0 saturated heterocycles. The molecule has 9 heteroatoms. The second-order valence-corrected chi connectivity index (χ2v) is 8.36. The lowest BCUT2D eigenvalue weighted by Gasteiger charge is -1.99. The van der Waals surface area contributed by atoms with Crippen LogP contribution in [0.5, 0.6) is 0 Å². The minimum atomic E-state index is -0.0888. The molecule has 0 radical (unpaired) electrons. The van der Waals surface area contributed by atoms with Gasteiger partial charge in [0.15, 0.2) is 9.47 Å². The van der Waals surface area contributed by atoms with Crippen molar-refractivity contribution in [3.05, 3.63) is 23.8 Å². The predicted octanol–water partition coefficient (Wildman–Crippen LogP) is 4.01. The second kappa shape index (κ2) is 7.91. The van der Waals surface area contributed by atoms with Gasteiger partial charge in [0, 0.05) is 6.54 Å². The maximum atomic E-state index is 12.1. The highest BCUT2D eigenvalue weighted by Crippen LogP contribution is 2.28. The lowest BCUT2D eigenvalue weighted by atomic mass is 10.2. The highest BCUT2D eigenvalue weighted by Gasteiger charge is 2.11. The monoisotopic (exact) mass is 379 g/mol. The van der Waals surface area contributed by atoms with Crippen LogP contribution in [-0.4, -0.2) is 33.4 Å². The van der Waals surface area contributed by atoms with Gasteiger partial charge in [-0.2, -0.15) is 0 Å². The molecule has 6 nitrogen and oxygen atoms in total. The van der Waals surface area contributed by atoms with Gasteiger partial charge < -0.3 is 10.6 Å². The molecule has 0 aliphatic carbocycles. The second-order valence-electron chi connectivity index (χ2n) is 5.13. The molecule has 0 saturated carbocycles. The average molecular weight is 380 g/mol. The van der Waals surface area contributed by atoms with E-state index in [2.05, 4.69) is 38.8 Å². The van der Waals surface area contributed by atoms with E-state index in [0.717, 1.165) is 32.7 Å². The molecule has 2 aromatic heterocycles. The Labute approximate surface area is 152 Å². The number of aryl methyl sites for hydroxylation is 1. The third-order valence-corrected chi connectivity index (χ3v) is 6.00. The first kappa shape index (κ1) is 17.1. The summed E-state index contributed by atoms with van der Waals surface area (Å²) in [6.45, 7) is 5.01. The minimum Gasteiger partial charge on any atom is -0.360 e. The van der Waals surface area contributed by atoms with Crippen molar-refractivity contribution in [2.75, 3.05) is 22.9 Å². The van der Waals surface area contributed by atoms with Crippen LogP contribution in [0.15, 0.2) is 22.5 Å². The van der Waals surface area contributed by atoms with Gasteiger partial charge >= 0.3 is 0 Å². The fourth-order valence-electron chi connectivity index (χ4n) is 1.94. The molecule has 126 valence electrons. The molecule has 0 aliphatic heterocycles. The normalized spacial score (nSPS) is 10.9. The minimum absolute atomic E-state index is 0.0888. The number of fused-ring (bicyclic) bond motifs is 1. The number of hydrogen-bond donors (Lipinski definition) is 2. The zero-order chi connectivity index (χ0) is 16.9. The van der Waals surface area contributed by atoms with Crippen LogP contribution in [0.1, 0.15) is 18.9 Å². The van der Waals surface area contributed by atoms with E-state index < -0.39 is 0 Å². The average Bonchev–Trinajstić information content (AvgIpc) is 3.16. The van der Waals surface area contributed by atoms with Crippen LogP contribution in [0.4, 0.5) is 10.3 Å². The van der Waals surface area contributed by atoms with Crippen LogP contribution in [0.25, 0.3) is 10.2 Å². The highest BCUT2D eigenvalue weighted by molar-refractivity contribution is 8.01. The Balaban J connectivity index is 1.54. The zero-order valence-corrected chi connectivity index (χ0v) is 15.8. The molecule has 0 atom stereocenters. The number of nitrogens with zero attached hydrogens (tertiary/aromatic N) is 3. The lowest BCUT2D eigenvalue weighted by Crippen LogP contribution is -2.13. The van der Waals surface area contributed by atoms with E-state index in [1.54, 1.807) is 0 Å². The third kappa shape index (κ3) is 4.43. The number of amides is 1. The molecule has 3 rings (SSSR count). The topological polar surface area (TPSA) is 79.8 Å². The molecule has 2 N–H and O–H groups in total. The molecule has 1 amide bonds. The van der Waals surface area contributed by atoms with Crippen molar-refractivity contribution in [2.45, 2.75) is 24.6 Å². The van der Waals surface area contributed by atoms with E-state index in [0.29, 0.717) is 5.13 Å². The van der Waals surface area contributed by atoms with Crippen molar-refractivity contribution >= 4 is 60.8 Å². The summed E-state index contributed by atoms with van der Waals surface area (Å²) in [7, 11) is 0. The molecule has 0 aliphatic rings. The molecule has 0 bridgehead atoms. The van der Waals surface area contributed by atoms with Crippen molar-refractivity contribution < 1.29 is 4.79 Å². The predicted molar refractivity (Wildman–Crippen MR) is 102 cm³/mol. The number of anilines is 2. The van der Waals surface area contributed by atoms with Crippen molar-refractivity contribution in [3.8, 4) is 0 Å². The van der Waals surface area contributed by atoms with Gasteiger partial charge in [-0.05, 0) is 31.0 Å². The molecule has 24 heavy (non-hydrogen) atoms. The Morgan fingerprint density at radius 3 is 2.96 bits per heavy atom. The Morgan fingerprint density at radius 1 is 1.25 bits per heavy atom. The summed E-state index contributed by atoms with van der Waals surface area (Å²) in [4.78, 5) is 16.5. The number of nitrogens with one attached hydrogen (secondary N) is 2. The number of hydrogen-bond acceptors (Lipinski definition) is 8. The van der Waals surface area contributed by atoms with Gasteiger partial charge in [-0.1, -0.05) is 47.4 Å². The quantitative estimate of drug-likeness (QED) is 0.604. The third-order valence-electron chi connectivity index (χ3n) is 3.05. The summed E-state index contributed by atoms with van der Waals surface area (Å²) < 4.78 is 1.86. The van der Waals surface area contributed by atoms with Gasteiger partial charge in [0.2, 0.25) is 11.0 Å². The van der Waals surface area contributed by atoms with Crippen LogP contribution in [0.2, 0.25) is 0 Å². The molecule has 0 fully saturated rings. The van der Waals surface area contributed by atoms with Crippen LogP contribution >= 0.6 is 34.4 Å². The Hall–Kier alpha value is -1.71. The molecule has 3 aromatic rings. The van der Waals surface area contributed by atoms with Gasteiger partial charge in [-0.25, -0.2) is 4.98 Å². The summed E-state index contributed by atoms with van der Waals surface area (Å²) in [5.74, 6) is 0.200. The molecular formula is C15H17N5OS3. The maximum absolute atomic E-state index is 12.1. The molecule has 0 spiro atoms. The Kier molecular flexibility index (Phi) is 5.64. The fraction of sp³-hybridized carbons (Fsp3) is 0.333. The largest absolute Gasteiger partial charge is 0.360 e. The number of aromatic nitrogens is 3. The van der Waals surface area contributed by atoms with Gasteiger partial charge in [-0.3, -0.25) is 4.79 Å². The van der Waals surface area contributed by atoms with Crippen LogP contribution < -0.4 is 10.6 Å². The van der Waals surface area contributed by atoms with Crippen LogP contribution in [0, 0.1) is 6.92 Å². The number of carbonyl (C=O) groups excluding carboxylic acids is 1.